The Morgan fingerprint density at radius 1 is 1.07 bits per heavy atom. The predicted octanol–water partition coefficient (Wildman–Crippen LogP) is 4.26. The van der Waals surface area contributed by atoms with Gasteiger partial charge in [-0.2, -0.15) is 8.78 Å². The summed E-state index contributed by atoms with van der Waals surface area (Å²) in [5, 5.41) is 0. The third-order valence-electron chi connectivity index (χ3n) is 4.08. The molecular formula is C20H17F2NO4. The summed E-state index contributed by atoms with van der Waals surface area (Å²) in [6.45, 7) is 0.942. The fourth-order valence-electron chi connectivity index (χ4n) is 2.54. The minimum atomic E-state index is -2.99. The largest absolute Gasteiger partial charge is 0.493 e. The number of methoxy groups -OCH3 is 1. The highest BCUT2D eigenvalue weighted by Crippen LogP contribution is 2.31. The first kappa shape index (κ1) is 18.6. The number of benzene rings is 2. The molecule has 0 amide bonds. The second-order valence-corrected chi connectivity index (χ2v) is 5.92. The van der Waals surface area contributed by atoms with Crippen LogP contribution < -0.4 is 9.47 Å². The molecule has 0 aromatic heterocycles. The molecule has 0 radical (unpaired) electrons. The molecular weight excluding hydrogens is 356 g/mol. The zero-order valence-corrected chi connectivity index (χ0v) is 15.0. The molecule has 1 heterocycles. The average Bonchev–Trinajstić information content (AvgIpc) is 2.98. The summed E-state index contributed by atoms with van der Waals surface area (Å²) in [5.41, 5.74) is 3.36. The predicted molar refractivity (Wildman–Crippen MR) is 96.1 cm³/mol. The van der Waals surface area contributed by atoms with Crippen molar-refractivity contribution in [1.29, 1.82) is 0 Å². The van der Waals surface area contributed by atoms with Gasteiger partial charge in [0.1, 0.15) is 0 Å². The number of hydrogen-bond donors (Lipinski definition) is 0. The quantitative estimate of drug-likeness (QED) is 0.581. The highest BCUT2D eigenvalue weighted by molar-refractivity contribution is 6.12. The van der Waals surface area contributed by atoms with E-state index in [0.29, 0.717) is 11.1 Å². The molecule has 0 fully saturated rings. The van der Waals surface area contributed by atoms with Crippen molar-refractivity contribution in [3.8, 4) is 11.5 Å². The SMILES string of the molecule is COc1ccc(/C=C2\N=C(c3ccc(C)c(C)c3)OC2=O)cc1OC(F)F. The number of esters is 1. The van der Waals surface area contributed by atoms with E-state index in [1.54, 1.807) is 6.07 Å². The van der Waals surface area contributed by atoms with Crippen molar-refractivity contribution in [2.24, 2.45) is 4.99 Å². The van der Waals surface area contributed by atoms with Crippen molar-refractivity contribution in [2.75, 3.05) is 7.11 Å². The van der Waals surface area contributed by atoms with Crippen molar-refractivity contribution < 1.29 is 27.8 Å². The molecule has 0 unspecified atom stereocenters. The molecule has 3 rings (SSSR count). The molecule has 0 N–H and O–H groups in total. The van der Waals surface area contributed by atoms with Crippen LogP contribution in [-0.4, -0.2) is 25.6 Å². The Balaban J connectivity index is 1.93. The number of nitrogens with zero attached hydrogens (tertiary/aromatic N) is 1. The minimum absolute atomic E-state index is 0.0661. The molecule has 2 aromatic carbocycles. The molecule has 5 nitrogen and oxygen atoms in total. The lowest BCUT2D eigenvalue weighted by Gasteiger charge is -2.10. The number of halogens is 2. The summed E-state index contributed by atoms with van der Waals surface area (Å²) in [7, 11) is 1.35. The van der Waals surface area contributed by atoms with Gasteiger partial charge in [0.05, 0.1) is 7.11 Å². The monoisotopic (exact) mass is 373 g/mol. The molecule has 0 saturated heterocycles. The number of aryl methyl sites for hydroxylation is 2. The van der Waals surface area contributed by atoms with Crippen LogP contribution in [0, 0.1) is 13.8 Å². The van der Waals surface area contributed by atoms with E-state index in [1.807, 2.05) is 32.0 Å². The van der Waals surface area contributed by atoms with Crippen molar-refractivity contribution in [1.82, 2.24) is 0 Å². The zero-order chi connectivity index (χ0) is 19.6. The van der Waals surface area contributed by atoms with E-state index >= 15 is 0 Å². The molecule has 7 heteroatoms. The number of hydrogen-bond acceptors (Lipinski definition) is 5. The van der Waals surface area contributed by atoms with Crippen LogP contribution in [-0.2, 0) is 9.53 Å². The Hall–Kier alpha value is -3.22. The first-order chi connectivity index (χ1) is 12.9. The van der Waals surface area contributed by atoms with Crippen molar-refractivity contribution in [3.05, 3.63) is 64.3 Å². The van der Waals surface area contributed by atoms with E-state index in [-0.39, 0.29) is 23.1 Å². The Morgan fingerprint density at radius 2 is 1.85 bits per heavy atom. The highest BCUT2D eigenvalue weighted by Gasteiger charge is 2.24. The van der Waals surface area contributed by atoms with Gasteiger partial charge in [-0.1, -0.05) is 12.1 Å². The standard InChI is InChI=1S/C20H17F2NO4/c1-11-4-6-14(8-12(11)2)18-23-15(19(24)27-18)9-13-5-7-16(25-3)17(10-13)26-20(21)22/h4-10,20H,1-3H3/b15-9-. The number of carbonyl (C=O) groups excluding carboxylic acids is 1. The van der Waals surface area contributed by atoms with Crippen molar-refractivity contribution in [2.45, 2.75) is 20.5 Å². The summed E-state index contributed by atoms with van der Waals surface area (Å²) < 4.78 is 39.8. The Kier molecular flexibility index (Phi) is 5.21. The van der Waals surface area contributed by atoms with E-state index < -0.39 is 12.6 Å². The lowest BCUT2D eigenvalue weighted by atomic mass is 10.1. The van der Waals surface area contributed by atoms with Gasteiger partial charge < -0.3 is 14.2 Å². The van der Waals surface area contributed by atoms with Crippen LogP contribution in [0.15, 0.2) is 47.1 Å². The number of cyclic esters (lactones) is 1. The molecule has 0 spiro atoms. The summed E-state index contributed by atoms with van der Waals surface area (Å²) >= 11 is 0. The van der Waals surface area contributed by atoms with Gasteiger partial charge in [-0.05, 0) is 60.9 Å². The van der Waals surface area contributed by atoms with Gasteiger partial charge in [-0.25, -0.2) is 9.79 Å². The molecule has 1 aliphatic heterocycles. The Bertz CT molecular complexity index is 951. The summed E-state index contributed by atoms with van der Waals surface area (Å²) in [5.74, 6) is -0.389. The van der Waals surface area contributed by atoms with Crippen LogP contribution in [0.3, 0.4) is 0 Å². The number of alkyl halides is 2. The summed E-state index contributed by atoms with van der Waals surface area (Å²) in [4.78, 5) is 16.3. The molecule has 140 valence electrons. The molecule has 0 atom stereocenters. The van der Waals surface area contributed by atoms with Crippen molar-refractivity contribution in [3.63, 3.8) is 0 Å². The van der Waals surface area contributed by atoms with Gasteiger partial charge in [-0.15, -0.1) is 0 Å². The molecule has 1 aliphatic rings. The second kappa shape index (κ2) is 7.57. The van der Waals surface area contributed by atoms with Crippen LogP contribution in [0.1, 0.15) is 22.3 Å². The van der Waals surface area contributed by atoms with Crippen LogP contribution in [0.4, 0.5) is 8.78 Å². The number of ether oxygens (including phenoxy) is 3. The van der Waals surface area contributed by atoms with E-state index in [4.69, 9.17) is 9.47 Å². The van der Waals surface area contributed by atoms with Gasteiger partial charge in [0.25, 0.3) is 0 Å². The van der Waals surface area contributed by atoms with Gasteiger partial charge in [-0.3, -0.25) is 0 Å². The molecule has 2 aromatic rings. The first-order valence-electron chi connectivity index (χ1n) is 8.10. The van der Waals surface area contributed by atoms with E-state index in [9.17, 15) is 13.6 Å². The maximum atomic E-state index is 12.5. The fraction of sp³-hybridized carbons (Fsp3) is 0.200. The molecule has 0 saturated carbocycles. The normalized spacial score (nSPS) is 15.1. The summed E-state index contributed by atoms with van der Waals surface area (Å²) in [6.07, 6.45) is 1.44. The van der Waals surface area contributed by atoms with Crippen molar-refractivity contribution >= 4 is 17.9 Å². The third-order valence-corrected chi connectivity index (χ3v) is 4.08. The van der Waals surface area contributed by atoms with Gasteiger partial charge in [0.15, 0.2) is 17.2 Å². The van der Waals surface area contributed by atoms with E-state index in [2.05, 4.69) is 9.73 Å². The number of aliphatic imine (C=N–C) groups is 1. The Morgan fingerprint density at radius 3 is 2.52 bits per heavy atom. The topological polar surface area (TPSA) is 57.1 Å². The number of rotatable bonds is 5. The van der Waals surface area contributed by atoms with Gasteiger partial charge >= 0.3 is 12.6 Å². The maximum Gasteiger partial charge on any atom is 0.387 e. The molecule has 0 bridgehead atoms. The lowest BCUT2D eigenvalue weighted by Crippen LogP contribution is -2.06. The van der Waals surface area contributed by atoms with E-state index in [1.165, 1.54) is 25.3 Å². The summed E-state index contributed by atoms with van der Waals surface area (Å²) in [6, 6.07) is 10.0. The highest BCUT2D eigenvalue weighted by atomic mass is 19.3. The minimum Gasteiger partial charge on any atom is -0.493 e. The van der Waals surface area contributed by atoms with Crippen LogP contribution in [0.5, 0.6) is 11.5 Å². The maximum absolute atomic E-state index is 12.5. The zero-order valence-electron chi connectivity index (χ0n) is 15.0. The van der Waals surface area contributed by atoms with Crippen LogP contribution in [0.2, 0.25) is 0 Å². The van der Waals surface area contributed by atoms with Crippen LogP contribution in [0.25, 0.3) is 6.08 Å². The number of carbonyl (C=O) groups is 1. The Labute approximate surface area is 154 Å². The smallest absolute Gasteiger partial charge is 0.387 e. The lowest BCUT2D eigenvalue weighted by molar-refractivity contribution is -0.129. The fourth-order valence-corrected chi connectivity index (χ4v) is 2.54. The second-order valence-electron chi connectivity index (χ2n) is 5.92. The van der Waals surface area contributed by atoms with Gasteiger partial charge in [0, 0.05) is 5.56 Å². The first-order valence-corrected chi connectivity index (χ1v) is 8.10. The van der Waals surface area contributed by atoms with Gasteiger partial charge in [0.2, 0.25) is 5.90 Å². The molecule has 27 heavy (non-hydrogen) atoms. The van der Waals surface area contributed by atoms with Crippen LogP contribution >= 0.6 is 0 Å². The van der Waals surface area contributed by atoms with E-state index in [0.717, 1.165) is 11.1 Å². The molecule has 0 aliphatic carbocycles. The average molecular weight is 373 g/mol. The third kappa shape index (κ3) is 4.13.